The molecular formula is C13H16N2O3S. The van der Waals surface area contributed by atoms with E-state index in [0.717, 1.165) is 6.42 Å². The molecule has 0 atom stereocenters. The molecule has 1 aromatic carbocycles. The van der Waals surface area contributed by atoms with Crippen LogP contribution in [0.1, 0.15) is 23.7 Å². The minimum absolute atomic E-state index is 0.0497. The maximum atomic E-state index is 12.3. The lowest BCUT2D eigenvalue weighted by Gasteiger charge is -2.20. The van der Waals surface area contributed by atoms with Crippen molar-refractivity contribution in [2.75, 3.05) is 13.1 Å². The Hall–Kier alpha value is -1.84. The Morgan fingerprint density at radius 1 is 1.42 bits per heavy atom. The van der Waals surface area contributed by atoms with E-state index in [0.29, 0.717) is 6.54 Å². The summed E-state index contributed by atoms with van der Waals surface area (Å²) in [5, 5.41) is 5.10. The van der Waals surface area contributed by atoms with Crippen LogP contribution in [0.25, 0.3) is 0 Å². The summed E-state index contributed by atoms with van der Waals surface area (Å²) in [7, 11) is -3.94. The van der Waals surface area contributed by atoms with Crippen molar-refractivity contribution in [2.24, 2.45) is 5.14 Å². The van der Waals surface area contributed by atoms with Gasteiger partial charge in [0.2, 0.25) is 10.0 Å². The Bertz CT molecular complexity index is 603. The summed E-state index contributed by atoms with van der Waals surface area (Å²) in [5.74, 6) is 1.96. The number of benzene rings is 1. The number of nitrogens with zero attached hydrogens (tertiary/aromatic N) is 1. The third kappa shape index (κ3) is 3.81. The van der Waals surface area contributed by atoms with Gasteiger partial charge in [0.15, 0.2) is 0 Å². The second kappa shape index (κ2) is 6.36. The topological polar surface area (TPSA) is 80.5 Å². The quantitative estimate of drug-likeness (QED) is 0.811. The monoisotopic (exact) mass is 280 g/mol. The highest BCUT2D eigenvalue weighted by molar-refractivity contribution is 7.89. The van der Waals surface area contributed by atoms with Gasteiger partial charge in [0.1, 0.15) is 0 Å². The van der Waals surface area contributed by atoms with Crippen LogP contribution in [-0.4, -0.2) is 32.3 Å². The van der Waals surface area contributed by atoms with Crippen molar-refractivity contribution in [3.8, 4) is 12.3 Å². The van der Waals surface area contributed by atoms with Crippen LogP contribution in [0, 0.1) is 12.3 Å². The van der Waals surface area contributed by atoms with Gasteiger partial charge in [-0.3, -0.25) is 4.79 Å². The zero-order chi connectivity index (χ0) is 14.5. The van der Waals surface area contributed by atoms with Gasteiger partial charge in [-0.25, -0.2) is 13.6 Å². The number of nitrogens with two attached hydrogens (primary N) is 1. The molecule has 0 aliphatic heterocycles. The summed E-state index contributed by atoms with van der Waals surface area (Å²) in [6.45, 7) is 2.50. The van der Waals surface area contributed by atoms with Crippen LogP contribution in [0.2, 0.25) is 0 Å². The number of rotatable bonds is 5. The van der Waals surface area contributed by atoms with E-state index in [4.69, 9.17) is 11.6 Å². The molecule has 0 unspecified atom stereocenters. The molecule has 1 rings (SSSR count). The first-order valence-electron chi connectivity index (χ1n) is 5.76. The van der Waals surface area contributed by atoms with E-state index < -0.39 is 15.9 Å². The van der Waals surface area contributed by atoms with Gasteiger partial charge in [0, 0.05) is 6.54 Å². The summed E-state index contributed by atoms with van der Waals surface area (Å²) in [6.07, 6.45) is 5.94. The molecule has 6 heteroatoms. The van der Waals surface area contributed by atoms with E-state index in [1.807, 2.05) is 6.92 Å². The molecule has 19 heavy (non-hydrogen) atoms. The fourth-order valence-corrected chi connectivity index (χ4v) is 2.42. The zero-order valence-corrected chi connectivity index (χ0v) is 11.5. The zero-order valence-electron chi connectivity index (χ0n) is 10.7. The number of primary sulfonamides is 1. The molecule has 0 heterocycles. The standard InChI is InChI=1S/C13H16N2O3S/c1-3-9-15(10-4-2)13(16)11-7-5-6-8-12(11)19(14,17)18/h1,5-8H,4,9-10H2,2H3,(H2,14,17,18). The van der Waals surface area contributed by atoms with Gasteiger partial charge in [-0.2, -0.15) is 0 Å². The molecule has 5 nitrogen and oxygen atoms in total. The predicted molar refractivity (Wildman–Crippen MR) is 72.8 cm³/mol. The average molecular weight is 280 g/mol. The normalized spacial score (nSPS) is 10.8. The van der Waals surface area contributed by atoms with Gasteiger partial charge < -0.3 is 4.90 Å². The molecule has 102 valence electrons. The maximum absolute atomic E-state index is 12.3. The van der Waals surface area contributed by atoms with Gasteiger partial charge in [0.25, 0.3) is 5.91 Å². The van der Waals surface area contributed by atoms with E-state index in [1.165, 1.54) is 23.1 Å². The molecule has 0 aliphatic rings. The minimum atomic E-state index is -3.94. The van der Waals surface area contributed by atoms with E-state index in [1.54, 1.807) is 6.07 Å². The molecule has 0 radical (unpaired) electrons. The highest BCUT2D eigenvalue weighted by Crippen LogP contribution is 2.16. The fraction of sp³-hybridized carbons (Fsp3) is 0.308. The van der Waals surface area contributed by atoms with Crippen molar-refractivity contribution in [1.82, 2.24) is 4.90 Å². The molecule has 0 aliphatic carbocycles. The number of hydrogen-bond donors (Lipinski definition) is 1. The number of amides is 1. The lowest BCUT2D eigenvalue weighted by atomic mass is 10.2. The largest absolute Gasteiger partial charge is 0.327 e. The van der Waals surface area contributed by atoms with Gasteiger partial charge >= 0.3 is 0 Å². The summed E-state index contributed by atoms with van der Waals surface area (Å²) < 4.78 is 22.9. The van der Waals surface area contributed by atoms with Crippen LogP contribution in [0.5, 0.6) is 0 Å². The van der Waals surface area contributed by atoms with Crippen LogP contribution in [-0.2, 0) is 10.0 Å². The molecule has 0 aromatic heterocycles. The second-order valence-corrected chi connectivity index (χ2v) is 5.50. The molecule has 0 saturated carbocycles. The van der Waals surface area contributed by atoms with Gasteiger partial charge in [-0.15, -0.1) is 6.42 Å². The van der Waals surface area contributed by atoms with Crippen molar-refractivity contribution in [3.63, 3.8) is 0 Å². The molecule has 0 fully saturated rings. The number of sulfonamides is 1. The summed E-state index contributed by atoms with van der Waals surface area (Å²) in [6, 6.07) is 5.84. The molecule has 1 aromatic rings. The van der Waals surface area contributed by atoms with E-state index in [2.05, 4.69) is 5.92 Å². The minimum Gasteiger partial charge on any atom is -0.327 e. The summed E-state index contributed by atoms with van der Waals surface area (Å²) in [5.41, 5.74) is 0.0497. The Kier molecular flexibility index (Phi) is 5.10. The van der Waals surface area contributed by atoms with E-state index in [-0.39, 0.29) is 17.0 Å². The molecule has 2 N–H and O–H groups in total. The van der Waals surface area contributed by atoms with Crippen LogP contribution < -0.4 is 5.14 Å². The average Bonchev–Trinajstić information content (AvgIpc) is 2.37. The second-order valence-electron chi connectivity index (χ2n) is 3.97. The third-order valence-electron chi connectivity index (χ3n) is 2.49. The Labute approximate surface area is 113 Å². The van der Waals surface area contributed by atoms with Crippen molar-refractivity contribution in [2.45, 2.75) is 18.2 Å². The summed E-state index contributed by atoms with van der Waals surface area (Å²) >= 11 is 0. The number of carbonyl (C=O) groups is 1. The predicted octanol–water partition coefficient (Wildman–Crippen LogP) is 0.819. The Morgan fingerprint density at radius 3 is 2.58 bits per heavy atom. The third-order valence-corrected chi connectivity index (χ3v) is 3.46. The maximum Gasteiger partial charge on any atom is 0.256 e. The molecule has 0 spiro atoms. The Morgan fingerprint density at radius 2 is 2.05 bits per heavy atom. The Balaban J connectivity index is 3.23. The van der Waals surface area contributed by atoms with Crippen LogP contribution in [0.3, 0.4) is 0 Å². The van der Waals surface area contributed by atoms with Gasteiger partial charge in [-0.1, -0.05) is 25.0 Å². The van der Waals surface area contributed by atoms with Crippen molar-refractivity contribution < 1.29 is 13.2 Å². The molecule has 1 amide bonds. The van der Waals surface area contributed by atoms with Gasteiger partial charge in [-0.05, 0) is 18.6 Å². The SMILES string of the molecule is C#CCN(CCC)C(=O)c1ccccc1S(N)(=O)=O. The smallest absolute Gasteiger partial charge is 0.256 e. The lowest BCUT2D eigenvalue weighted by molar-refractivity contribution is 0.0773. The van der Waals surface area contributed by atoms with Crippen LogP contribution >= 0.6 is 0 Å². The first-order chi connectivity index (χ1) is 8.91. The summed E-state index contributed by atoms with van der Waals surface area (Å²) in [4.78, 5) is 13.5. The van der Waals surface area contributed by atoms with Crippen molar-refractivity contribution in [3.05, 3.63) is 29.8 Å². The molecular weight excluding hydrogens is 264 g/mol. The highest BCUT2D eigenvalue weighted by Gasteiger charge is 2.22. The van der Waals surface area contributed by atoms with Gasteiger partial charge in [0.05, 0.1) is 17.0 Å². The fourth-order valence-electron chi connectivity index (χ4n) is 1.69. The van der Waals surface area contributed by atoms with Crippen molar-refractivity contribution >= 4 is 15.9 Å². The number of carbonyl (C=O) groups excluding carboxylic acids is 1. The number of hydrogen-bond acceptors (Lipinski definition) is 3. The first kappa shape index (κ1) is 15.2. The highest BCUT2D eigenvalue weighted by atomic mass is 32.2. The van der Waals surface area contributed by atoms with Crippen molar-refractivity contribution in [1.29, 1.82) is 0 Å². The number of terminal acetylenes is 1. The molecule has 0 saturated heterocycles. The first-order valence-corrected chi connectivity index (χ1v) is 7.31. The van der Waals surface area contributed by atoms with Crippen LogP contribution in [0.15, 0.2) is 29.2 Å². The van der Waals surface area contributed by atoms with E-state index in [9.17, 15) is 13.2 Å². The lowest BCUT2D eigenvalue weighted by Crippen LogP contribution is -2.33. The van der Waals surface area contributed by atoms with Crippen LogP contribution in [0.4, 0.5) is 0 Å². The van der Waals surface area contributed by atoms with E-state index >= 15 is 0 Å². The molecule has 0 bridgehead atoms.